The van der Waals surface area contributed by atoms with Crippen molar-refractivity contribution in [2.24, 2.45) is 5.10 Å². The van der Waals surface area contributed by atoms with Crippen molar-refractivity contribution in [3.8, 4) is 11.5 Å². The van der Waals surface area contributed by atoms with E-state index in [1.165, 1.54) is 19.4 Å². The summed E-state index contributed by atoms with van der Waals surface area (Å²) in [5.41, 5.74) is 4.32. The van der Waals surface area contributed by atoms with Crippen LogP contribution in [0.15, 0.2) is 58.6 Å². The number of carbonyl (C=O) groups is 3. The number of hydrogen-bond donors (Lipinski definition) is 3. The van der Waals surface area contributed by atoms with Gasteiger partial charge in [0.2, 0.25) is 0 Å². The lowest BCUT2D eigenvalue weighted by Crippen LogP contribution is -2.37. The zero-order chi connectivity index (χ0) is 23.5. The Bertz CT molecular complexity index is 1040. The molecule has 0 saturated carbocycles. The number of ether oxygens (including phenoxy) is 2. The second-order valence-electron chi connectivity index (χ2n) is 6.38. The van der Waals surface area contributed by atoms with Gasteiger partial charge in [-0.15, -0.1) is 6.58 Å². The number of methoxy groups -OCH3 is 1. The molecule has 0 saturated heterocycles. The topological polar surface area (TPSA) is 118 Å². The second-order valence-corrected chi connectivity index (χ2v) is 7.24. The van der Waals surface area contributed by atoms with Crippen molar-refractivity contribution in [3.63, 3.8) is 0 Å². The van der Waals surface area contributed by atoms with Crippen LogP contribution < -0.4 is 25.5 Å². The molecule has 0 aliphatic rings. The number of hydrogen-bond acceptors (Lipinski definition) is 6. The third-order valence-corrected chi connectivity index (χ3v) is 4.60. The molecule has 9 nitrogen and oxygen atoms in total. The molecule has 3 N–H and O–H groups in total. The highest BCUT2D eigenvalue weighted by Crippen LogP contribution is 2.36. The molecule has 2 aromatic rings. The first-order valence-electron chi connectivity index (χ1n) is 9.43. The highest BCUT2D eigenvalue weighted by Gasteiger charge is 2.14. The van der Waals surface area contributed by atoms with Crippen molar-refractivity contribution in [2.75, 3.05) is 25.6 Å². The summed E-state index contributed by atoms with van der Waals surface area (Å²) < 4.78 is 11.5. The summed E-state index contributed by atoms with van der Waals surface area (Å²) >= 11 is 3.38. The number of para-hydroxylation sites is 1. The van der Waals surface area contributed by atoms with E-state index in [0.717, 1.165) is 5.56 Å². The van der Waals surface area contributed by atoms with E-state index in [4.69, 9.17) is 9.47 Å². The van der Waals surface area contributed by atoms with E-state index in [-0.39, 0.29) is 19.1 Å². The zero-order valence-electron chi connectivity index (χ0n) is 17.6. The lowest BCUT2D eigenvalue weighted by molar-refractivity contribution is -0.139. The molecule has 0 atom stereocenters. The molecule has 0 aliphatic heterocycles. The van der Waals surface area contributed by atoms with Gasteiger partial charge >= 0.3 is 11.8 Å². The van der Waals surface area contributed by atoms with E-state index >= 15 is 0 Å². The number of amides is 3. The van der Waals surface area contributed by atoms with Gasteiger partial charge in [-0.1, -0.05) is 24.3 Å². The van der Waals surface area contributed by atoms with E-state index in [9.17, 15) is 14.4 Å². The Morgan fingerprint density at radius 1 is 1.19 bits per heavy atom. The van der Waals surface area contributed by atoms with Gasteiger partial charge in [-0.25, -0.2) is 5.43 Å². The van der Waals surface area contributed by atoms with Crippen LogP contribution in [0.3, 0.4) is 0 Å². The number of aryl methyl sites for hydroxylation is 1. The third-order valence-electron chi connectivity index (χ3n) is 4.01. The number of nitrogens with one attached hydrogen (secondary N) is 3. The minimum Gasteiger partial charge on any atom is -0.493 e. The summed E-state index contributed by atoms with van der Waals surface area (Å²) in [7, 11) is 1.45. The smallest absolute Gasteiger partial charge is 0.329 e. The van der Waals surface area contributed by atoms with Gasteiger partial charge in [-0.2, -0.15) is 5.10 Å². The van der Waals surface area contributed by atoms with E-state index in [1.54, 1.807) is 18.2 Å². The lowest BCUT2D eigenvalue weighted by Gasteiger charge is -2.14. The van der Waals surface area contributed by atoms with Crippen LogP contribution in [0, 0.1) is 6.92 Å². The predicted molar refractivity (Wildman–Crippen MR) is 125 cm³/mol. The number of halogens is 1. The molecule has 2 aromatic carbocycles. The Balaban J connectivity index is 2.01. The maximum atomic E-state index is 12.3. The Morgan fingerprint density at radius 3 is 2.62 bits per heavy atom. The molecule has 10 heteroatoms. The summed E-state index contributed by atoms with van der Waals surface area (Å²) in [6.45, 7) is 5.28. The van der Waals surface area contributed by atoms with Crippen LogP contribution in [0.1, 0.15) is 11.1 Å². The van der Waals surface area contributed by atoms with Crippen LogP contribution in [0.5, 0.6) is 11.5 Å². The minimum atomic E-state index is -0.909. The highest BCUT2D eigenvalue weighted by molar-refractivity contribution is 9.10. The molecule has 3 amide bonds. The van der Waals surface area contributed by atoms with E-state index in [0.29, 0.717) is 27.2 Å². The average molecular weight is 503 g/mol. The van der Waals surface area contributed by atoms with Gasteiger partial charge in [-0.05, 0) is 52.2 Å². The number of nitrogens with zero attached hydrogens (tertiary/aromatic N) is 1. The van der Waals surface area contributed by atoms with Gasteiger partial charge in [0, 0.05) is 12.2 Å². The number of carbonyl (C=O) groups excluding carboxylic acids is 3. The van der Waals surface area contributed by atoms with Crippen LogP contribution in [-0.4, -0.2) is 44.2 Å². The van der Waals surface area contributed by atoms with Crippen molar-refractivity contribution in [1.29, 1.82) is 0 Å². The number of hydrazone groups is 1. The van der Waals surface area contributed by atoms with Gasteiger partial charge in [-0.3, -0.25) is 14.4 Å². The molecule has 0 aromatic heterocycles. The van der Waals surface area contributed by atoms with Crippen LogP contribution >= 0.6 is 15.9 Å². The van der Waals surface area contributed by atoms with Crippen molar-refractivity contribution >= 4 is 45.6 Å². The summed E-state index contributed by atoms with van der Waals surface area (Å²) in [5, 5.41) is 8.88. The Kier molecular flexibility index (Phi) is 9.43. The fourth-order valence-corrected chi connectivity index (χ4v) is 3.03. The fraction of sp³-hybridized carbons (Fsp3) is 0.182. The normalized spacial score (nSPS) is 10.3. The SMILES string of the molecule is C=CCNC(=O)C(=O)N/N=C\c1cc(Br)c(OCC(=O)Nc2ccccc2C)c(OC)c1. The fourth-order valence-electron chi connectivity index (χ4n) is 2.45. The quantitative estimate of drug-likeness (QED) is 0.210. The monoisotopic (exact) mass is 502 g/mol. The van der Waals surface area contributed by atoms with Crippen LogP contribution in [0.2, 0.25) is 0 Å². The van der Waals surface area contributed by atoms with Gasteiger partial charge in [0.1, 0.15) is 0 Å². The van der Waals surface area contributed by atoms with Crippen molar-refractivity contribution in [3.05, 3.63) is 64.7 Å². The predicted octanol–water partition coefficient (Wildman–Crippen LogP) is 2.54. The van der Waals surface area contributed by atoms with Crippen molar-refractivity contribution in [1.82, 2.24) is 10.7 Å². The molecular weight excluding hydrogens is 480 g/mol. The number of rotatable bonds is 9. The maximum absolute atomic E-state index is 12.3. The molecule has 0 unspecified atom stereocenters. The summed E-state index contributed by atoms with van der Waals surface area (Å²) in [6.07, 6.45) is 2.79. The highest BCUT2D eigenvalue weighted by atomic mass is 79.9. The largest absolute Gasteiger partial charge is 0.493 e. The van der Waals surface area contributed by atoms with E-state index in [2.05, 4.69) is 43.7 Å². The molecule has 0 heterocycles. The van der Waals surface area contributed by atoms with Crippen LogP contribution in [0.25, 0.3) is 0 Å². The molecule has 0 bridgehead atoms. The van der Waals surface area contributed by atoms with Crippen LogP contribution in [0.4, 0.5) is 5.69 Å². The first-order valence-corrected chi connectivity index (χ1v) is 10.2. The van der Waals surface area contributed by atoms with Gasteiger partial charge in [0.05, 0.1) is 17.8 Å². The molecule has 0 fully saturated rings. The summed E-state index contributed by atoms with van der Waals surface area (Å²) in [6, 6.07) is 10.7. The molecule has 0 aliphatic carbocycles. The minimum absolute atomic E-state index is 0.171. The molecule has 2 rings (SSSR count). The van der Waals surface area contributed by atoms with Gasteiger partial charge < -0.3 is 20.1 Å². The number of anilines is 1. The Labute approximate surface area is 194 Å². The lowest BCUT2D eigenvalue weighted by atomic mass is 10.2. The van der Waals surface area contributed by atoms with Crippen LogP contribution in [-0.2, 0) is 14.4 Å². The molecular formula is C22H23BrN4O5. The average Bonchev–Trinajstić information content (AvgIpc) is 2.77. The summed E-state index contributed by atoms with van der Waals surface area (Å²) in [5.74, 6) is -1.38. The molecule has 168 valence electrons. The zero-order valence-corrected chi connectivity index (χ0v) is 19.2. The first-order chi connectivity index (χ1) is 15.3. The van der Waals surface area contributed by atoms with E-state index in [1.807, 2.05) is 25.1 Å². The van der Waals surface area contributed by atoms with Gasteiger partial charge in [0.15, 0.2) is 18.1 Å². The number of benzene rings is 2. The second kappa shape index (κ2) is 12.3. The standard InChI is InChI=1S/C22H23BrN4O5/c1-4-9-24-21(29)22(30)27-25-12-15-10-16(23)20(18(11-15)31-3)32-13-19(28)26-17-8-6-5-7-14(17)2/h4-8,10-12H,1,9,13H2,2-3H3,(H,24,29)(H,26,28)(H,27,30)/b25-12-. The molecule has 32 heavy (non-hydrogen) atoms. The first kappa shape index (κ1) is 24.6. The van der Waals surface area contributed by atoms with Crippen molar-refractivity contribution in [2.45, 2.75) is 6.92 Å². The Hall–Kier alpha value is -3.66. The summed E-state index contributed by atoms with van der Waals surface area (Å²) in [4.78, 5) is 35.4. The van der Waals surface area contributed by atoms with Gasteiger partial charge in [0.25, 0.3) is 5.91 Å². The third kappa shape index (κ3) is 7.24. The maximum Gasteiger partial charge on any atom is 0.329 e. The van der Waals surface area contributed by atoms with Crippen molar-refractivity contribution < 1.29 is 23.9 Å². The molecule has 0 spiro atoms. The Morgan fingerprint density at radius 2 is 1.94 bits per heavy atom. The molecule has 0 radical (unpaired) electrons. The van der Waals surface area contributed by atoms with E-state index < -0.39 is 11.8 Å².